The summed E-state index contributed by atoms with van der Waals surface area (Å²) in [6, 6.07) is 3.58. The van der Waals surface area contributed by atoms with Crippen LogP contribution in [0.5, 0.6) is 0 Å². The highest BCUT2D eigenvalue weighted by Crippen LogP contribution is 2.25. The second kappa shape index (κ2) is 5.42. The molecule has 3 heteroatoms. The van der Waals surface area contributed by atoms with Crippen LogP contribution in [-0.4, -0.2) is 0 Å². The van der Waals surface area contributed by atoms with E-state index in [0.717, 1.165) is 12.2 Å². The van der Waals surface area contributed by atoms with Crippen LogP contribution in [0.1, 0.15) is 44.9 Å². The third kappa shape index (κ3) is 3.03. The Hall–Kier alpha value is -0.470. The molecule has 0 saturated carbocycles. The molecule has 0 amide bonds. The topological polar surface area (TPSA) is 39.2 Å². The summed E-state index contributed by atoms with van der Waals surface area (Å²) >= 11 is 5.69. The maximum atomic E-state index is 6.01. The monoisotopic (exact) mass is 215 g/mol. The Kier molecular flexibility index (Phi) is 4.49. The normalized spacial score (nSPS) is 13.5. The van der Waals surface area contributed by atoms with E-state index >= 15 is 0 Å². The number of hydrogen-bond donors (Lipinski definition) is 1. The second-order valence-corrected chi connectivity index (χ2v) is 4.04. The molecule has 0 saturated heterocycles. The van der Waals surface area contributed by atoms with Gasteiger partial charge in [0.1, 0.15) is 5.76 Å². The average Bonchev–Trinajstić information content (AvgIpc) is 2.61. The zero-order chi connectivity index (χ0) is 10.6. The van der Waals surface area contributed by atoms with E-state index in [1.54, 1.807) is 6.07 Å². The van der Waals surface area contributed by atoms with Gasteiger partial charge in [-0.3, -0.25) is 0 Å². The molecule has 0 fully saturated rings. The number of rotatable bonds is 5. The molecule has 0 spiro atoms. The maximum absolute atomic E-state index is 6.01. The Morgan fingerprint density at radius 3 is 2.43 bits per heavy atom. The molecule has 1 heterocycles. The minimum absolute atomic E-state index is 0.0209. The van der Waals surface area contributed by atoms with Crippen molar-refractivity contribution in [3.63, 3.8) is 0 Å². The first kappa shape index (κ1) is 11.6. The van der Waals surface area contributed by atoms with Crippen LogP contribution in [0, 0.1) is 5.92 Å². The number of hydrogen-bond acceptors (Lipinski definition) is 2. The number of nitrogens with two attached hydrogens (primary N) is 1. The van der Waals surface area contributed by atoms with Crippen LogP contribution in [0.15, 0.2) is 16.5 Å². The minimum atomic E-state index is -0.0209. The summed E-state index contributed by atoms with van der Waals surface area (Å²) in [5, 5.41) is 0.417. The van der Waals surface area contributed by atoms with Gasteiger partial charge < -0.3 is 10.2 Å². The molecule has 0 aliphatic carbocycles. The highest BCUT2D eigenvalue weighted by Gasteiger charge is 2.14. The van der Waals surface area contributed by atoms with E-state index < -0.39 is 0 Å². The van der Waals surface area contributed by atoms with Crippen LogP contribution in [0.3, 0.4) is 0 Å². The van der Waals surface area contributed by atoms with Crippen molar-refractivity contribution < 1.29 is 4.42 Å². The zero-order valence-corrected chi connectivity index (χ0v) is 9.55. The van der Waals surface area contributed by atoms with E-state index in [1.807, 2.05) is 6.07 Å². The molecular formula is C11H18ClNO. The number of furan rings is 1. The van der Waals surface area contributed by atoms with Gasteiger partial charge in [0.25, 0.3) is 0 Å². The first-order valence-electron chi connectivity index (χ1n) is 5.18. The first-order valence-corrected chi connectivity index (χ1v) is 5.56. The summed E-state index contributed by atoms with van der Waals surface area (Å²) in [5.41, 5.74) is 6.01. The van der Waals surface area contributed by atoms with Gasteiger partial charge in [-0.05, 0) is 36.1 Å². The Morgan fingerprint density at radius 1 is 1.36 bits per heavy atom. The molecule has 1 unspecified atom stereocenters. The van der Waals surface area contributed by atoms with E-state index in [0.29, 0.717) is 11.1 Å². The summed E-state index contributed by atoms with van der Waals surface area (Å²) in [4.78, 5) is 0. The molecule has 80 valence electrons. The molecule has 2 N–H and O–H groups in total. The third-order valence-corrected chi connectivity index (χ3v) is 2.90. The molecule has 14 heavy (non-hydrogen) atoms. The highest BCUT2D eigenvalue weighted by molar-refractivity contribution is 6.28. The van der Waals surface area contributed by atoms with Crippen LogP contribution in [0.2, 0.25) is 5.22 Å². The van der Waals surface area contributed by atoms with Gasteiger partial charge in [0.05, 0.1) is 6.04 Å². The predicted molar refractivity (Wildman–Crippen MR) is 59.3 cm³/mol. The summed E-state index contributed by atoms with van der Waals surface area (Å²) in [6.45, 7) is 4.38. The van der Waals surface area contributed by atoms with Crippen molar-refractivity contribution in [1.82, 2.24) is 0 Å². The SMILES string of the molecule is CCC(CC)CC(N)c1ccc(Cl)o1. The molecule has 1 atom stereocenters. The van der Waals surface area contributed by atoms with Crippen molar-refractivity contribution in [1.29, 1.82) is 0 Å². The molecule has 0 aliphatic rings. The molecule has 0 aliphatic heterocycles. The van der Waals surface area contributed by atoms with Gasteiger partial charge in [-0.15, -0.1) is 0 Å². The zero-order valence-electron chi connectivity index (χ0n) is 8.79. The number of halogens is 1. The summed E-state index contributed by atoms with van der Waals surface area (Å²) in [5.74, 6) is 1.47. The minimum Gasteiger partial charge on any atom is -0.448 e. The summed E-state index contributed by atoms with van der Waals surface area (Å²) < 4.78 is 5.28. The van der Waals surface area contributed by atoms with E-state index in [9.17, 15) is 0 Å². The van der Waals surface area contributed by atoms with Gasteiger partial charge in [-0.2, -0.15) is 0 Å². The molecule has 2 nitrogen and oxygen atoms in total. The lowest BCUT2D eigenvalue weighted by Crippen LogP contribution is -2.14. The Balaban J connectivity index is 2.53. The van der Waals surface area contributed by atoms with E-state index in [4.69, 9.17) is 21.8 Å². The van der Waals surface area contributed by atoms with E-state index in [-0.39, 0.29) is 6.04 Å². The van der Waals surface area contributed by atoms with Crippen LogP contribution in [-0.2, 0) is 0 Å². The lowest BCUT2D eigenvalue weighted by molar-refractivity contribution is 0.372. The van der Waals surface area contributed by atoms with Gasteiger partial charge in [0.2, 0.25) is 0 Å². The molecule has 0 bridgehead atoms. The van der Waals surface area contributed by atoms with Crippen LogP contribution >= 0.6 is 11.6 Å². The standard InChI is InChI=1S/C11H18ClNO/c1-3-8(4-2)7-9(13)10-5-6-11(12)14-10/h5-6,8-9H,3-4,7,13H2,1-2H3. The van der Waals surface area contributed by atoms with Gasteiger partial charge in [0, 0.05) is 0 Å². The molecule has 1 aromatic rings. The Labute approximate surface area is 90.4 Å². The highest BCUT2D eigenvalue weighted by atomic mass is 35.5. The van der Waals surface area contributed by atoms with Gasteiger partial charge >= 0.3 is 0 Å². The lowest BCUT2D eigenvalue weighted by Gasteiger charge is -2.16. The maximum Gasteiger partial charge on any atom is 0.193 e. The molecule has 1 rings (SSSR count). The van der Waals surface area contributed by atoms with Crippen molar-refractivity contribution in [2.45, 2.75) is 39.2 Å². The molecule has 0 radical (unpaired) electrons. The molecular weight excluding hydrogens is 198 g/mol. The van der Waals surface area contributed by atoms with Crippen molar-refractivity contribution in [3.05, 3.63) is 23.1 Å². The first-order chi connectivity index (χ1) is 6.67. The Bertz CT molecular complexity index is 268. The summed E-state index contributed by atoms with van der Waals surface area (Å²) in [7, 11) is 0. The molecule has 0 aromatic carbocycles. The third-order valence-electron chi connectivity index (χ3n) is 2.70. The Morgan fingerprint density at radius 2 is 2.00 bits per heavy atom. The largest absolute Gasteiger partial charge is 0.448 e. The van der Waals surface area contributed by atoms with Crippen molar-refractivity contribution in [2.75, 3.05) is 0 Å². The van der Waals surface area contributed by atoms with E-state index in [2.05, 4.69) is 13.8 Å². The average molecular weight is 216 g/mol. The van der Waals surface area contributed by atoms with Gasteiger partial charge in [0.15, 0.2) is 5.22 Å². The van der Waals surface area contributed by atoms with Crippen molar-refractivity contribution in [3.8, 4) is 0 Å². The fourth-order valence-corrected chi connectivity index (χ4v) is 1.78. The predicted octanol–water partition coefficient (Wildman–Crippen LogP) is 3.76. The van der Waals surface area contributed by atoms with Crippen molar-refractivity contribution in [2.24, 2.45) is 11.7 Å². The summed E-state index contributed by atoms with van der Waals surface area (Å²) in [6.07, 6.45) is 3.30. The van der Waals surface area contributed by atoms with Crippen LogP contribution in [0.25, 0.3) is 0 Å². The fraction of sp³-hybridized carbons (Fsp3) is 0.636. The fourth-order valence-electron chi connectivity index (χ4n) is 1.62. The lowest BCUT2D eigenvalue weighted by atomic mass is 9.94. The van der Waals surface area contributed by atoms with Crippen LogP contribution < -0.4 is 5.73 Å². The van der Waals surface area contributed by atoms with E-state index in [1.165, 1.54) is 12.8 Å². The second-order valence-electron chi connectivity index (χ2n) is 3.67. The van der Waals surface area contributed by atoms with Gasteiger partial charge in [-0.25, -0.2) is 0 Å². The quantitative estimate of drug-likeness (QED) is 0.813. The smallest absolute Gasteiger partial charge is 0.193 e. The van der Waals surface area contributed by atoms with Gasteiger partial charge in [-0.1, -0.05) is 26.7 Å². The van der Waals surface area contributed by atoms with Crippen molar-refractivity contribution >= 4 is 11.6 Å². The van der Waals surface area contributed by atoms with Crippen LogP contribution in [0.4, 0.5) is 0 Å². The molecule has 1 aromatic heterocycles.